The number of carbonyl (C=O) groups is 1. The fourth-order valence-electron chi connectivity index (χ4n) is 1.94. The summed E-state index contributed by atoms with van der Waals surface area (Å²) >= 11 is 0. The number of carboxylic acid groups (broad SMARTS) is 1. The van der Waals surface area contributed by atoms with E-state index < -0.39 is 5.97 Å². The first-order valence-electron chi connectivity index (χ1n) is 6.52. The Kier molecular flexibility index (Phi) is 3.84. The summed E-state index contributed by atoms with van der Waals surface area (Å²) in [5.74, 6) is -0.545. The normalized spacial score (nSPS) is 11.3. The van der Waals surface area contributed by atoms with Gasteiger partial charge in [0.25, 0.3) is 0 Å². The van der Waals surface area contributed by atoms with Crippen LogP contribution in [0.5, 0.6) is 0 Å². The molecule has 1 aromatic heterocycles. The number of furan rings is 1. The second kappa shape index (κ2) is 5.41. The van der Waals surface area contributed by atoms with Crippen molar-refractivity contribution in [2.75, 3.05) is 5.32 Å². The summed E-state index contributed by atoms with van der Waals surface area (Å²) in [4.78, 5) is 11.0. The van der Waals surface area contributed by atoms with Gasteiger partial charge in [0, 0.05) is 5.69 Å². The van der Waals surface area contributed by atoms with Crippen LogP contribution in [0.15, 0.2) is 41.0 Å². The van der Waals surface area contributed by atoms with E-state index in [0.29, 0.717) is 12.3 Å². The predicted molar refractivity (Wildman–Crippen MR) is 78.1 cm³/mol. The Balaban J connectivity index is 2.04. The first-order valence-corrected chi connectivity index (χ1v) is 6.52. The first kappa shape index (κ1) is 14.2. The van der Waals surface area contributed by atoms with Crippen molar-refractivity contribution in [3.05, 3.63) is 53.5 Å². The molecule has 2 rings (SSSR count). The zero-order chi connectivity index (χ0) is 14.8. The molecule has 20 heavy (non-hydrogen) atoms. The average molecular weight is 273 g/mol. The van der Waals surface area contributed by atoms with Crippen LogP contribution in [0.1, 0.15) is 42.5 Å². The van der Waals surface area contributed by atoms with Gasteiger partial charge in [-0.3, -0.25) is 0 Å². The summed E-state index contributed by atoms with van der Waals surface area (Å²) in [7, 11) is 0. The highest BCUT2D eigenvalue weighted by atomic mass is 16.4. The molecular weight excluding hydrogens is 254 g/mol. The highest BCUT2D eigenvalue weighted by molar-refractivity contribution is 5.88. The first-order chi connectivity index (χ1) is 9.38. The van der Waals surface area contributed by atoms with Crippen molar-refractivity contribution in [2.24, 2.45) is 0 Å². The van der Waals surface area contributed by atoms with Crippen molar-refractivity contribution < 1.29 is 14.3 Å². The molecule has 0 saturated carbocycles. The van der Waals surface area contributed by atoms with Gasteiger partial charge in [0.05, 0.1) is 12.8 Å². The molecule has 2 aromatic rings. The number of nitrogens with one attached hydrogen (secondary N) is 1. The third kappa shape index (κ3) is 3.20. The van der Waals surface area contributed by atoms with Crippen LogP contribution in [0.3, 0.4) is 0 Å². The minimum Gasteiger partial charge on any atom is -0.478 e. The Bertz CT molecular complexity index is 591. The van der Waals surface area contributed by atoms with Gasteiger partial charge in [-0.2, -0.15) is 0 Å². The Morgan fingerprint density at radius 2 is 1.85 bits per heavy atom. The van der Waals surface area contributed by atoms with Gasteiger partial charge in [-0.15, -0.1) is 0 Å². The molecule has 106 valence electrons. The minimum atomic E-state index is -0.973. The number of anilines is 1. The molecule has 1 heterocycles. The molecule has 0 atom stereocenters. The van der Waals surface area contributed by atoms with Gasteiger partial charge in [-0.1, -0.05) is 32.9 Å². The van der Waals surface area contributed by atoms with Gasteiger partial charge in [-0.05, 0) is 29.2 Å². The SMILES string of the molecule is CC(C)(C)c1ccc(NCc2occc2C(=O)O)cc1. The van der Waals surface area contributed by atoms with Gasteiger partial charge in [-0.25, -0.2) is 4.79 Å². The second-order valence-corrected chi connectivity index (χ2v) is 5.74. The average Bonchev–Trinajstić information content (AvgIpc) is 2.84. The fraction of sp³-hybridized carbons (Fsp3) is 0.312. The summed E-state index contributed by atoms with van der Waals surface area (Å²) in [6.07, 6.45) is 1.39. The van der Waals surface area contributed by atoms with Crippen LogP contribution in [0, 0.1) is 0 Å². The van der Waals surface area contributed by atoms with E-state index in [-0.39, 0.29) is 11.0 Å². The highest BCUT2D eigenvalue weighted by Crippen LogP contribution is 2.23. The lowest BCUT2D eigenvalue weighted by Crippen LogP contribution is -2.11. The molecule has 0 fully saturated rings. The zero-order valence-electron chi connectivity index (χ0n) is 11.9. The summed E-state index contributed by atoms with van der Waals surface area (Å²) in [6, 6.07) is 9.58. The number of hydrogen-bond acceptors (Lipinski definition) is 3. The fourth-order valence-corrected chi connectivity index (χ4v) is 1.94. The number of benzene rings is 1. The third-order valence-corrected chi connectivity index (χ3v) is 3.18. The molecule has 0 aliphatic carbocycles. The molecule has 0 amide bonds. The molecule has 2 N–H and O–H groups in total. The van der Waals surface area contributed by atoms with Crippen LogP contribution < -0.4 is 5.32 Å². The standard InChI is InChI=1S/C16H19NO3/c1-16(2,3)11-4-6-12(7-5-11)17-10-14-13(15(18)19)8-9-20-14/h4-9,17H,10H2,1-3H3,(H,18,19). The van der Waals surface area contributed by atoms with Crippen molar-refractivity contribution in [1.29, 1.82) is 0 Å². The molecule has 0 aliphatic heterocycles. The van der Waals surface area contributed by atoms with Crippen LogP contribution in [0.25, 0.3) is 0 Å². The molecule has 0 unspecified atom stereocenters. The van der Waals surface area contributed by atoms with Crippen LogP contribution in [0.4, 0.5) is 5.69 Å². The van der Waals surface area contributed by atoms with Crippen LogP contribution in [-0.2, 0) is 12.0 Å². The molecule has 4 nitrogen and oxygen atoms in total. The van der Waals surface area contributed by atoms with E-state index in [9.17, 15) is 4.79 Å². The Hall–Kier alpha value is -2.23. The second-order valence-electron chi connectivity index (χ2n) is 5.74. The van der Waals surface area contributed by atoms with Gasteiger partial charge < -0.3 is 14.8 Å². The van der Waals surface area contributed by atoms with Crippen molar-refractivity contribution in [3.8, 4) is 0 Å². The van der Waals surface area contributed by atoms with Crippen molar-refractivity contribution in [3.63, 3.8) is 0 Å². The van der Waals surface area contributed by atoms with Gasteiger partial charge in [0.2, 0.25) is 0 Å². The maximum absolute atomic E-state index is 11.0. The Morgan fingerprint density at radius 1 is 1.20 bits per heavy atom. The third-order valence-electron chi connectivity index (χ3n) is 3.18. The molecule has 4 heteroatoms. The summed E-state index contributed by atoms with van der Waals surface area (Å²) in [6.45, 7) is 6.84. The van der Waals surface area contributed by atoms with E-state index >= 15 is 0 Å². The highest BCUT2D eigenvalue weighted by Gasteiger charge is 2.14. The quantitative estimate of drug-likeness (QED) is 0.887. The Labute approximate surface area is 118 Å². The Morgan fingerprint density at radius 3 is 2.40 bits per heavy atom. The lowest BCUT2D eigenvalue weighted by atomic mass is 9.87. The summed E-state index contributed by atoms with van der Waals surface area (Å²) in [5, 5.41) is 12.2. The number of carboxylic acids is 1. The topological polar surface area (TPSA) is 62.5 Å². The maximum Gasteiger partial charge on any atom is 0.339 e. The van der Waals surface area contributed by atoms with Crippen molar-refractivity contribution in [2.45, 2.75) is 32.7 Å². The maximum atomic E-state index is 11.0. The largest absolute Gasteiger partial charge is 0.478 e. The van der Waals surface area contributed by atoms with E-state index in [1.807, 2.05) is 12.1 Å². The van der Waals surface area contributed by atoms with Crippen LogP contribution in [-0.4, -0.2) is 11.1 Å². The lowest BCUT2D eigenvalue weighted by molar-refractivity contribution is 0.0694. The molecule has 0 radical (unpaired) electrons. The smallest absolute Gasteiger partial charge is 0.339 e. The monoisotopic (exact) mass is 273 g/mol. The van der Waals surface area contributed by atoms with E-state index in [0.717, 1.165) is 5.69 Å². The van der Waals surface area contributed by atoms with Gasteiger partial charge in [0.1, 0.15) is 11.3 Å². The molecule has 0 saturated heterocycles. The molecule has 0 bridgehead atoms. The van der Waals surface area contributed by atoms with Gasteiger partial charge >= 0.3 is 5.97 Å². The van der Waals surface area contributed by atoms with Gasteiger partial charge in [0.15, 0.2) is 0 Å². The predicted octanol–water partition coefficient (Wildman–Crippen LogP) is 3.89. The van der Waals surface area contributed by atoms with Crippen molar-refractivity contribution in [1.82, 2.24) is 0 Å². The van der Waals surface area contributed by atoms with Crippen molar-refractivity contribution >= 4 is 11.7 Å². The van der Waals surface area contributed by atoms with E-state index in [1.54, 1.807) is 0 Å². The molecule has 0 spiro atoms. The summed E-state index contributed by atoms with van der Waals surface area (Å²) < 4.78 is 5.18. The summed E-state index contributed by atoms with van der Waals surface area (Å²) in [5.41, 5.74) is 2.51. The van der Waals surface area contributed by atoms with E-state index in [4.69, 9.17) is 9.52 Å². The van der Waals surface area contributed by atoms with E-state index in [1.165, 1.54) is 17.9 Å². The number of aromatic carboxylic acids is 1. The van der Waals surface area contributed by atoms with E-state index in [2.05, 4.69) is 38.2 Å². The minimum absolute atomic E-state index is 0.121. The van der Waals surface area contributed by atoms with Crippen LogP contribution in [0.2, 0.25) is 0 Å². The lowest BCUT2D eigenvalue weighted by Gasteiger charge is -2.19. The molecule has 1 aromatic carbocycles. The molecular formula is C16H19NO3. The molecule has 0 aliphatic rings. The zero-order valence-corrected chi connectivity index (χ0v) is 11.9. The number of rotatable bonds is 4. The number of hydrogen-bond donors (Lipinski definition) is 2. The van der Waals surface area contributed by atoms with Crippen LogP contribution >= 0.6 is 0 Å².